The molecule has 0 fully saturated rings. The van der Waals surface area contributed by atoms with E-state index in [1.165, 1.54) is 0 Å². The number of nitrogens with zero attached hydrogens (tertiary/aromatic N) is 1. The molecular formula is C16H22N2O2. The van der Waals surface area contributed by atoms with Crippen molar-refractivity contribution < 1.29 is 9.90 Å². The molecule has 0 spiro atoms. The first-order valence-electron chi connectivity index (χ1n) is 7.08. The Morgan fingerprint density at radius 3 is 2.60 bits per heavy atom. The average Bonchev–Trinajstić information content (AvgIpc) is 2.76. The van der Waals surface area contributed by atoms with Crippen molar-refractivity contribution >= 4 is 16.9 Å². The molecule has 0 aliphatic heterocycles. The number of hydrogen-bond acceptors (Lipinski definition) is 2. The van der Waals surface area contributed by atoms with E-state index in [1.54, 1.807) is 12.1 Å². The van der Waals surface area contributed by atoms with Gasteiger partial charge in [-0.15, -0.1) is 0 Å². The fraction of sp³-hybridized carbons (Fsp3) is 0.438. The number of carbonyl (C=O) groups is 1. The van der Waals surface area contributed by atoms with Gasteiger partial charge in [-0.05, 0) is 49.1 Å². The summed E-state index contributed by atoms with van der Waals surface area (Å²) in [6, 6.07) is 3.58. The first-order chi connectivity index (χ1) is 9.49. The molecule has 0 aliphatic carbocycles. The third-order valence-electron chi connectivity index (χ3n) is 3.71. The minimum Gasteiger partial charge on any atom is -0.478 e. The van der Waals surface area contributed by atoms with Crippen LogP contribution in [-0.4, -0.2) is 22.2 Å². The van der Waals surface area contributed by atoms with Gasteiger partial charge in [-0.25, -0.2) is 4.79 Å². The zero-order valence-electron chi connectivity index (χ0n) is 12.3. The summed E-state index contributed by atoms with van der Waals surface area (Å²) in [6.45, 7) is 7.72. The number of aromatic carboxylic acids is 1. The zero-order chi connectivity index (χ0) is 14.9. The van der Waals surface area contributed by atoms with E-state index in [2.05, 4.69) is 31.5 Å². The van der Waals surface area contributed by atoms with Crippen LogP contribution in [-0.2, 0) is 13.0 Å². The number of aryl methyl sites for hydroxylation is 1. The van der Waals surface area contributed by atoms with E-state index in [-0.39, 0.29) is 5.92 Å². The van der Waals surface area contributed by atoms with Crippen LogP contribution in [0.15, 0.2) is 18.3 Å². The van der Waals surface area contributed by atoms with Gasteiger partial charge in [0, 0.05) is 18.1 Å². The Morgan fingerprint density at radius 2 is 2.10 bits per heavy atom. The van der Waals surface area contributed by atoms with E-state index < -0.39 is 5.97 Å². The number of aromatic nitrogens is 1. The van der Waals surface area contributed by atoms with E-state index >= 15 is 0 Å². The lowest BCUT2D eigenvalue weighted by Crippen LogP contribution is -2.03. The quantitative estimate of drug-likeness (QED) is 0.880. The summed E-state index contributed by atoms with van der Waals surface area (Å²) in [5.41, 5.74) is 9.40. The number of hydrogen-bond donors (Lipinski definition) is 2. The molecule has 4 heteroatoms. The monoisotopic (exact) mass is 274 g/mol. The summed E-state index contributed by atoms with van der Waals surface area (Å²) < 4.78 is 2.20. The average molecular weight is 274 g/mol. The summed E-state index contributed by atoms with van der Waals surface area (Å²) in [4.78, 5) is 11.3. The molecule has 1 aromatic heterocycles. The Balaban J connectivity index is 2.82. The molecule has 0 amide bonds. The van der Waals surface area contributed by atoms with Crippen molar-refractivity contribution in [2.24, 2.45) is 5.73 Å². The highest BCUT2D eigenvalue weighted by Crippen LogP contribution is 2.31. The number of benzene rings is 1. The molecule has 0 aliphatic rings. The lowest BCUT2D eigenvalue weighted by Gasteiger charge is -2.12. The molecular weight excluding hydrogens is 252 g/mol. The first-order valence-corrected chi connectivity index (χ1v) is 7.08. The molecule has 4 nitrogen and oxygen atoms in total. The third-order valence-corrected chi connectivity index (χ3v) is 3.71. The molecule has 20 heavy (non-hydrogen) atoms. The second kappa shape index (κ2) is 5.67. The van der Waals surface area contributed by atoms with Gasteiger partial charge in [0.1, 0.15) is 0 Å². The van der Waals surface area contributed by atoms with Gasteiger partial charge in [0.15, 0.2) is 0 Å². The van der Waals surface area contributed by atoms with Crippen LogP contribution in [0.2, 0.25) is 0 Å². The van der Waals surface area contributed by atoms with Crippen LogP contribution in [0.5, 0.6) is 0 Å². The highest BCUT2D eigenvalue weighted by molar-refractivity contribution is 5.97. The summed E-state index contributed by atoms with van der Waals surface area (Å²) in [5.74, 6) is -0.598. The molecule has 2 aromatic rings. The smallest absolute Gasteiger partial charge is 0.335 e. The number of carboxylic acid groups (broad SMARTS) is 1. The fourth-order valence-corrected chi connectivity index (χ4v) is 2.71. The lowest BCUT2D eigenvalue weighted by molar-refractivity contribution is 0.0697. The normalized spacial score (nSPS) is 11.4. The predicted molar refractivity (Wildman–Crippen MR) is 81.4 cm³/mol. The van der Waals surface area contributed by atoms with E-state index in [1.807, 2.05) is 0 Å². The maximum absolute atomic E-state index is 11.3. The molecule has 0 unspecified atom stereocenters. The summed E-state index contributed by atoms with van der Waals surface area (Å²) in [5, 5.41) is 10.3. The first kappa shape index (κ1) is 14.6. The van der Waals surface area contributed by atoms with Crippen LogP contribution in [0, 0.1) is 0 Å². The third kappa shape index (κ3) is 2.43. The minimum absolute atomic E-state index is 0.280. The van der Waals surface area contributed by atoms with Crippen LogP contribution in [0.1, 0.15) is 48.2 Å². The second-order valence-corrected chi connectivity index (χ2v) is 5.40. The van der Waals surface area contributed by atoms with Gasteiger partial charge < -0.3 is 15.4 Å². The van der Waals surface area contributed by atoms with Crippen molar-refractivity contribution in [3.05, 3.63) is 35.0 Å². The van der Waals surface area contributed by atoms with Gasteiger partial charge in [-0.2, -0.15) is 0 Å². The standard InChI is InChI=1S/C16H22N2O2/c1-4-18-9-11(5-6-17)14-8-12(16(19)20)7-13(10(2)3)15(14)18/h7-10H,4-6,17H2,1-3H3,(H,19,20). The fourth-order valence-electron chi connectivity index (χ4n) is 2.71. The predicted octanol–water partition coefficient (Wildman–Crippen LogP) is 2.98. The second-order valence-electron chi connectivity index (χ2n) is 5.40. The number of carboxylic acids is 1. The van der Waals surface area contributed by atoms with E-state index in [4.69, 9.17) is 5.73 Å². The lowest BCUT2D eigenvalue weighted by atomic mass is 9.96. The summed E-state index contributed by atoms with van der Waals surface area (Å²) in [6.07, 6.45) is 2.87. The van der Waals surface area contributed by atoms with Gasteiger partial charge in [0.25, 0.3) is 0 Å². The maximum Gasteiger partial charge on any atom is 0.335 e. The molecule has 108 valence electrons. The van der Waals surface area contributed by atoms with E-state index in [9.17, 15) is 9.90 Å². The van der Waals surface area contributed by atoms with Crippen molar-refractivity contribution in [3.63, 3.8) is 0 Å². The van der Waals surface area contributed by atoms with Crippen molar-refractivity contribution in [1.29, 1.82) is 0 Å². The van der Waals surface area contributed by atoms with Gasteiger partial charge in [0.2, 0.25) is 0 Å². The van der Waals surface area contributed by atoms with Gasteiger partial charge >= 0.3 is 5.97 Å². The van der Waals surface area contributed by atoms with Crippen LogP contribution in [0.4, 0.5) is 0 Å². The molecule has 0 radical (unpaired) electrons. The molecule has 3 N–H and O–H groups in total. The Labute approximate surface area is 119 Å². The molecule has 1 aromatic carbocycles. The largest absolute Gasteiger partial charge is 0.478 e. The van der Waals surface area contributed by atoms with Crippen molar-refractivity contribution in [3.8, 4) is 0 Å². The van der Waals surface area contributed by atoms with E-state index in [0.717, 1.165) is 35.0 Å². The molecule has 1 heterocycles. The Morgan fingerprint density at radius 1 is 1.40 bits per heavy atom. The molecule has 0 bridgehead atoms. The van der Waals surface area contributed by atoms with Crippen LogP contribution in [0.3, 0.4) is 0 Å². The van der Waals surface area contributed by atoms with Crippen LogP contribution < -0.4 is 5.73 Å². The highest BCUT2D eigenvalue weighted by Gasteiger charge is 2.17. The molecule has 0 atom stereocenters. The van der Waals surface area contributed by atoms with Crippen LogP contribution >= 0.6 is 0 Å². The highest BCUT2D eigenvalue weighted by atomic mass is 16.4. The SMILES string of the molecule is CCn1cc(CCN)c2cc(C(=O)O)cc(C(C)C)c21. The molecule has 0 saturated carbocycles. The Kier molecular flexibility index (Phi) is 4.14. The molecule has 0 saturated heterocycles. The van der Waals surface area contributed by atoms with Gasteiger partial charge in [0.05, 0.1) is 11.1 Å². The van der Waals surface area contributed by atoms with Crippen LogP contribution in [0.25, 0.3) is 10.9 Å². The van der Waals surface area contributed by atoms with E-state index in [0.29, 0.717) is 12.1 Å². The molecule has 2 rings (SSSR count). The van der Waals surface area contributed by atoms with Crippen molar-refractivity contribution in [2.45, 2.75) is 39.7 Å². The van der Waals surface area contributed by atoms with Crippen molar-refractivity contribution in [2.75, 3.05) is 6.54 Å². The topological polar surface area (TPSA) is 68.2 Å². The van der Waals surface area contributed by atoms with Crippen molar-refractivity contribution in [1.82, 2.24) is 4.57 Å². The van der Waals surface area contributed by atoms with Gasteiger partial charge in [-0.3, -0.25) is 0 Å². The zero-order valence-corrected chi connectivity index (χ0v) is 12.3. The number of nitrogens with two attached hydrogens (primary N) is 1. The maximum atomic E-state index is 11.3. The Hall–Kier alpha value is -1.81. The number of rotatable bonds is 5. The number of fused-ring (bicyclic) bond motifs is 1. The summed E-state index contributed by atoms with van der Waals surface area (Å²) in [7, 11) is 0. The minimum atomic E-state index is -0.878. The summed E-state index contributed by atoms with van der Waals surface area (Å²) >= 11 is 0. The Bertz CT molecular complexity index is 641. The van der Waals surface area contributed by atoms with Gasteiger partial charge in [-0.1, -0.05) is 13.8 Å².